The summed E-state index contributed by atoms with van der Waals surface area (Å²) in [4.78, 5) is 12.8. The normalized spacial score (nSPS) is 21.5. The SMILES string of the molecule is CC.CCCC(=O)C1(COCc2ccccc2)COC(c2ccccc2)OC1. The second-order valence-electron chi connectivity index (χ2n) is 6.80. The van der Waals surface area contributed by atoms with Crippen LogP contribution >= 0.6 is 0 Å². The number of rotatable bonds is 8. The zero-order chi connectivity index (χ0) is 20.2. The highest BCUT2D eigenvalue weighted by Gasteiger charge is 2.43. The number of benzene rings is 2. The lowest BCUT2D eigenvalue weighted by atomic mass is 9.83. The number of carbonyl (C=O) groups is 1. The van der Waals surface area contributed by atoms with Crippen molar-refractivity contribution >= 4 is 5.78 Å². The van der Waals surface area contributed by atoms with Crippen molar-refractivity contribution in [3.05, 3.63) is 71.8 Å². The molecule has 2 aromatic carbocycles. The number of Topliss-reactive ketones (excluding diaryl/α,β-unsaturated/α-hetero) is 1. The van der Waals surface area contributed by atoms with Crippen LogP contribution < -0.4 is 0 Å². The Morgan fingerprint density at radius 2 is 1.57 bits per heavy atom. The van der Waals surface area contributed by atoms with Gasteiger partial charge in [-0.05, 0) is 12.0 Å². The Morgan fingerprint density at radius 1 is 1.00 bits per heavy atom. The zero-order valence-corrected chi connectivity index (χ0v) is 17.2. The second kappa shape index (κ2) is 11.7. The van der Waals surface area contributed by atoms with Crippen LogP contribution in [-0.4, -0.2) is 25.6 Å². The first-order valence-corrected chi connectivity index (χ1v) is 10.2. The molecule has 28 heavy (non-hydrogen) atoms. The summed E-state index contributed by atoms with van der Waals surface area (Å²) in [5, 5.41) is 0. The van der Waals surface area contributed by atoms with E-state index >= 15 is 0 Å². The maximum atomic E-state index is 12.8. The minimum Gasteiger partial charge on any atom is -0.376 e. The highest BCUT2D eigenvalue weighted by atomic mass is 16.7. The quantitative estimate of drug-likeness (QED) is 0.617. The van der Waals surface area contributed by atoms with Gasteiger partial charge in [-0.15, -0.1) is 0 Å². The third kappa shape index (κ3) is 5.99. The van der Waals surface area contributed by atoms with Gasteiger partial charge in [-0.25, -0.2) is 0 Å². The minimum absolute atomic E-state index is 0.152. The average molecular weight is 385 g/mol. The van der Waals surface area contributed by atoms with Gasteiger partial charge in [0.15, 0.2) is 6.29 Å². The van der Waals surface area contributed by atoms with Gasteiger partial charge < -0.3 is 14.2 Å². The van der Waals surface area contributed by atoms with Crippen molar-refractivity contribution in [3.63, 3.8) is 0 Å². The van der Waals surface area contributed by atoms with E-state index in [1.54, 1.807) is 0 Å². The maximum absolute atomic E-state index is 12.8. The first-order valence-electron chi connectivity index (χ1n) is 10.2. The molecule has 0 aliphatic carbocycles. The van der Waals surface area contributed by atoms with E-state index in [9.17, 15) is 4.79 Å². The van der Waals surface area contributed by atoms with Crippen molar-refractivity contribution < 1.29 is 19.0 Å². The molecule has 1 fully saturated rings. The van der Waals surface area contributed by atoms with E-state index < -0.39 is 11.7 Å². The van der Waals surface area contributed by atoms with Crippen molar-refractivity contribution in [2.75, 3.05) is 19.8 Å². The van der Waals surface area contributed by atoms with E-state index in [4.69, 9.17) is 14.2 Å². The monoisotopic (exact) mass is 384 g/mol. The summed E-state index contributed by atoms with van der Waals surface area (Å²) in [5.41, 5.74) is 1.33. The van der Waals surface area contributed by atoms with Gasteiger partial charge in [0.25, 0.3) is 0 Å². The molecule has 2 aromatic rings. The van der Waals surface area contributed by atoms with E-state index in [1.807, 2.05) is 81.4 Å². The topological polar surface area (TPSA) is 44.8 Å². The van der Waals surface area contributed by atoms with Crippen LogP contribution in [-0.2, 0) is 25.6 Å². The summed E-state index contributed by atoms with van der Waals surface area (Å²) >= 11 is 0. The fraction of sp³-hybridized carbons (Fsp3) is 0.458. The summed E-state index contributed by atoms with van der Waals surface area (Å²) in [5.74, 6) is 0.152. The predicted octanol–water partition coefficient (Wildman–Crippen LogP) is 5.33. The number of carbonyl (C=O) groups excluding carboxylic acids is 1. The average Bonchev–Trinajstić information content (AvgIpc) is 2.77. The Bertz CT molecular complexity index is 671. The lowest BCUT2D eigenvalue weighted by Crippen LogP contribution is -2.48. The maximum Gasteiger partial charge on any atom is 0.183 e. The Balaban J connectivity index is 0.00000136. The third-order valence-corrected chi connectivity index (χ3v) is 4.65. The molecule has 4 nitrogen and oxygen atoms in total. The van der Waals surface area contributed by atoms with Gasteiger partial charge in [0, 0.05) is 12.0 Å². The Hall–Kier alpha value is -2.01. The molecule has 1 aliphatic rings. The first kappa shape index (κ1) is 22.3. The van der Waals surface area contributed by atoms with Gasteiger partial charge in [0.05, 0.1) is 31.8 Å². The molecule has 0 atom stereocenters. The molecule has 0 amide bonds. The number of hydrogen-bond donors (Lipinski definition) is 0. The fourth-order valence-corrected chi connectivity index (χ4v) is 3.12. The molecule has 0 unspecified atom stereocenters. The Kier molecular flexibility index (Phi) is 9.35. The van der Waals surface area contributed by atoms with Crippen molar-refractivity contribution in [2.45, 2.75) is 46.5 Å². The molecule has 152 valence electrons. The molecule has 0 bridgehead atoms. The van der Waals surface area contributed by atoms with Crippen LogP contribution in [0.3, 0.4) is 0 Å². The van der Waals surface area contributed by atoms with Gasteiger partial charge in [-0.1, -0.05) is 81.4 Å². The molecular formula is C24H32O4. The van der Waals surface area contributed by atoms with Crippen LogP contribution in [0.25, 0.3) is 0 Å². The highest BCUT2D eigenvalue weighted by molar-refractivity contribution is 5.85. The summed E-state index contributed by atoms with van der Waals surface area (Å²) in [6, 6.07) is 19.8. The largest absolute Gasteiger partial charge is 0.376 e. The van der Waals surface area contributed by atoms with Crippen molar-refractivity contribution in [1.29, 1.82) is 0 Å². The molecule has 0 spiro atoms. The fourth-order valence-electron chi connectivity index (χ4n) is 3.12. The van der Waals surface area contributed by atoms with Crippen LogP contribution in [0.4, 0.5) is 0 Å². The number of hydrogen-bond acceptors (Lipinski definition) is 4. The van der Waals surface area contributed by atoms with Crippen LogP contribution in [0.2, 0.25) is 0 Å². The number of ether oxygens (including phenoxy) is 3. The first-order chi connectivity index (χ1) is 13.7. The predicted molar refractivity (Wildman–Crippen MR) is 111 cm³/mol. The van der Waals surface area contributed by atoms with Gasteiger partial charge in [-0.3, -0.25) is 4.79 Å². The van der Waals surface area contributed by atoms with E-state index in [2.05, 4.69) is 0 Å². The van der Waals surface area contributed by atoms with Crippen LogP contribution in [0.1, 0.15) is 51.0 Å². The van der Waals surface area contributed by atoms with Crippen LogP contribution in [0.5, 0.6) is 0 Å². The van der Waals surface area contributed by atoms with Crippen LogP contribution in [0, 0.1) is 5.41 Å². The van der Waals surface area contributed by atoms with Gasteiger partial charge >= 0.3 is 0 Å². The van der Waals surface area contributed by atoms with Crippen molar-refractivity contribution in [1.82, 2.24) is 0 Å². The number of ketones is 1. The lowest BCUT2D eigenvalue weighted by molar-refractivity contribution is -0.240. The van der Waals surface area contributed by atoms with Gasteiger partial charge in [-0.2, -0.15) is 0 Å². The lowest BCUT2D eigenvalue weighted by Gasteiger charge is -2.38. The van der Waals surface area contributed by atoms with Gasteiger partial charge in [0.1, 0.15) is 5.78 Å². The summed E-state index contributed by atoms with van der Waals surface area (Å²) in [6.07, 6.45) is 0.895. The summed E-state index contributed by atoms with van der Waals surface area (Å²) in [6.45, 7) is 7.43. The molecule has 0 aromatic heterocycles. The van der Waals surface area contributed by atoms with E-state index in [0.29, 0.717) is 32.8 Å². The molecule has 4 heteroatoms. The molecule has 1 aliphatic heterocycles. The van der Waals surface area contributed by atoms with E-state index in [1.165, 1.54) is 0 Å². The van der Waals surface area contributed by atoms with Crippen LogP contribution in [0.15, 0.2) is 60.7 Å². The van der Waals surface area contributed by atoms with E-state index in [0.717, 1.165) is 17.5 Å². The Morgan fingerprint density at radius 3 is 2.14 bits per heavy atom. The smallest absolute Gasteiger partial charge is 0.183 e. The molecule has 0 radical (unpaired) electrons. The standard InChI is InChI=1S/C22H26O4.C2H6/c1-2-9-20(23)22(15-24-14-18-10-5-3-6-11-18)16-25-21(26-17-22)19-12-7-4-8-13-19;1-2/h3-8,10-13,21H,2,9,14-17H2,1H3;1-2H3. The molecular weight excluding hydrogens is 352 g/mol. The van der Waals surface area contributed by atoms with Crippen molar-refractivity contribution in [3.8, 4) is 0 Å². The van der Waals surface area contributed by atoms with E-state index in [-0.39, 0.29) is 5.78 Å². The molecule has 0 N–H and O–H groups in total. The zero-order valence-electron chi connectivity index (χ0n) is 17.2. The summed E-state index contributed by atoms with van der Waals surface area (Å²) in [7, 11) is 0. The van der Waals surface area contributed by atoms with Gasteiger partial charge in [0.2, 0.25) is 0 Å². The molecule has 3 rings (SSSR count). The molecule has 0 saturated carbocycles. The van der Waals surface area contributed by atoms with Crippen molar-refractivity contribution in [2.24, 2.45) is 5.41 Å². The summed E-state index contributed by atoms with van der Waals surface area (Å²) < 4.78 is 17.7. The molecule has 1 heterocycles. The highest BCUT2D eigenvalue weighted by Crippen LogP contribution is 2.34. The third-order valence-electron chi connectivity index (χ3n) is 4.65. The second-order valence-corrected chi connectivity index (χ2v) is 6.80. The Labute approximate surface area is 168 Å². The minimum atomic E-state index is -0.726. The molecule has 1 saturated heterocycles.